The predicted molar refractivity (Wildman–Crippen MR) is 118 cm³/mol. The first-order valence-electron chi connectivity index (χ1n) is 8.11. The van der Waals surface area contributed by atoms with Gasteiger partial charge in [-0.15, -0.1) is 24.8 Å². The summed E-state index contributed by atoms with van der Waals surface area (Å²) in [5, 5.41) is 7.35. The van der Waals surface area contributed by atoms with Crippen LogP contribution in [0.1, 0.15) is 11.1 Å². The van der Waals surface area contributed by atoms with Crippen LogP contribution in [0.15, 0.2) is 59.4 Å². The average molecular weight is 451 g/mol. The minimum atomic E-state index is 0. The molecule has 3 aromatic heterocycles. The number of rotatable bonds is 6. The third-order valence-electron chi connectivity index (χ3n) is 3.66. The number of oxime groups is 2. The summed E-state index contributed by atoms with van der Waals surface area (Å²) >= 11 is 0. The largest absolute Gasteiger partial charge is 0.397 e. The van der Waals surface area contributed by atoms with Gasteiger partial charge in [0.1, 0.15) is 25.6 Å². The monoisotopic (exact) mass is 450 g/mol. The Labute approximate surface area is 185 Å². The molecule has 0 saturated carbocycles. The first-order chi connectivity index (χ1) is 13.6. The van der Waals surface area contributed by atoms with Crippen molar-refractivity contribution in [2.75, 3.05) is 14.2 Å². The maximum absolute atomic E-state index is 5.77. The lowest BCUT2D eigenvalue weighted by Crippen LogP contribution is -2.14. The molecule has 0 fully saturated rings. The van der Waals surface area contributed by atoms with Crippen molar-refractivity contribution in [3.8, 4) is 22.8 Å². The molecule has 158 valence electrons. The van der Waals surface area contributed by atoms with Gasteiger partial charge in [-0.25, -0.2) is 4.98 Å². The number of nitrogens with zero attached hydrogens (tertiary/aromatic N) is 6. The molecule has 0 aliphatic heterocycles. The third kappa shape index (κ3) is 5.75. The normalized spacial score (nSPS) is 11.1. The Morgan fingerprint density at radius 1 is 0.700 bits per heavy atom. The van der Waals surface area contributed by atoms with Gasteiger partial charge in [-0.2, -0.15) is 0 Å². The van der Waals surface area contributed by atoms with Gasteiger partial charge < -0.3 is 21.1 Å². The van der Waals surface area contributed by atoms with Gasteiger partial charge in [0.25, 0.3) is 0 Å². The van der Waals surface area contributed by atoms with E-state index in [1.165, 1.54) is 14.2 Å². The summed E-state index contributed by atoms with van der Waals surface area (Å²) in [4.78, 5) is 26.8. The van der Waals surface area contributed by atoms with E-state index in [0.717, 1.165) is 0 Å². The SMILES string of the molecule is CO/N=C(/N)c1ccc(-c2cncc(-c3ccc(/C(N)=N\OC)cn3)n2)nc1.Cl.Cl. The Kier molecular flexibility index (Phi) is 9.40. The van der Waals surface area contributed by atoms with E-state index in [1.54, 1.807) is 49.1 Å². The fraction of sp³-hybridized carbons (Fsp3) is 0.111. The molecule has 0 aliphatic rings. The molecule has 0 aromatic carbocycles. The van der Waals surface area contributed by atoms with Gasteiger partial charge >= 0.3 is 0 Å². The highest BCUT2D eigenvalue weighted by molar-refractivity contribution is 5.97. The van der Waals surface area contributed by atoms with Crippen LogP contribution >= 0.6 is 24.8 Å². The first kappa shape index (κ1) is 24.5. The molecule has 0 radical (unpaired) electrons. The van der Waals surface area contributed by atoms with Crippen LogP contribution < -0.4 is 11.5 Å². The quantitative estimate of drug-likeness (QED) is 0.329. The van der Waals surface area contributed by atoms with Crippen LogP contribution in [0.4, 0.5) is 0 Å². The number of hydrogen-bond donors (Lipinski definition) is 2. The topological polar surface area (TPSA) is 147 Å². The van der Waals surface area contributed by atoms with Gasteiger partial charge in [0, 0.05) is 23.5 Å². The summed E-state index contributed by atoms with van der Waals surface area (Å²) in [6, 6.07) is 7.11. The van der Waals surface area contributed by atoms with E-state index in [1.807, 2.05) is 0 Å². The standard InChI is InChI=1S/C18H18N8O2.2ClH/c1-27-25-17(19)11-3-5-13(22-7-11)15-9-21-10-16(24-15)14-6-4-12(8-23-14)18(20)26-28-2;;/h3-10H,1-2H3,(H2,19,25)(H2,20,26);2*1H. The Balaban J connectivity index is 0.00000225. The van der Waals surface area contributed by atoms with Crippen molar-refractivity contribution in [1.82, 2.24) is 19.9 Å². The van der Waals surface area contributed by atoms with Gasteiger partial charge in [-0.05, 0) is 24.3 Å². The smallest absolute Gasteiger partial charge is 0.171 e. The lowest BCUT2D eigenvalue weighted by molar-refractivity contribution is 0.213. The summed E-state index contributed by atoms with van der Waals surface area (Å²) in [6.07, 6.45) is 6.42. The Morgan fingerprint density at radius 3 is 1.47 bits per heavy atom. The van der Waals surface area contributed by atoms with Crippen molar-refractivity contribution >= 4 is 36.5 Å². The predicted octanol–water partition coefficient (Wildman–Crippen LogP) is 1.98. The van der Waals surface area contributed by atoms with Crippen molar-refractivity contribution in [2.45, 2.75) is 0 Å². The zero-order valence-electron chi connectivity index (χ0n) is 16.1. The lowest BCUT2D eigenvalue weighted by atomic mass is 10.2. The van der Waals surface area contributed by atoms with Gasteiger partial charge in [0.05, 0.1) is 23.8 Å². The second-order valence-electron chi connectivity index (χ2n) is 5.47. The van der Waals surface area contributed by atoms with Crippen molar-refractivity contribution in [3.63, 3.8) is 0 Å². The molecule has 4 N–H and O–H groups in total. The number of hydrogen-bond acceptors (Lipinski definition) is 8. The second-order valence-corrected chi connectivity index (χ2v) is 5.47. The lowest BCUT2D eigenvalue weighted by Gasteiger charge is -2.05. The van der Waals surface area contributed by atoms with Crippen molar-refractivity contribution < 1.29 is 9.68 Å². The summed E-state index contributed by atoms with van der Waals surface area (Å²) in [5.74, 6) is 0.476. The fourth-order valence-corrected chi connectivity index (χ4v) is 2.31. The van der Waals surface area contributed by atoms with Crippen LogP contribution in [-0.4, -0.2) is 45.8 Å². The highest BCUT2D eigenvalue weighted by Crippen LogP contribution is 2.19. The van der Waals surface area contributed by atoms with Crippen LogP contribution in [0, 0.1) is 0 Å². The maximum Gasteiger partial charge on any atom is 0.171 e. The van der Waals surface area contributed by atoms with Crippen LogP contribution in [0.3, 0.4) is 0 Å². The highest BCUT2D eigenvalue weighted by atomic mass is 35.5. The number of aromatic nitrogens is 4. The van der Waals surface area contributed by atoms with E-state index in [2.05, 4.69) is 39.9 Å². The zero-order valence-corrected chi connectivity index (χ0v) is 17.7. The summed E-state index contributed by atoms with van der Waals surface area (Å²) in [5.41, 5.74) is 15.3. The van der Waals surface area contributed by atoms with Gasteiger partial charge in [-0.1, -0.05) is 10.3 Å². The fourth-order valence-electron chi connectivity index (χ4n) is 2.31. The molecule has 0 saturated heterocycles. The molecular weight excluding hydrogens is 431 g/mol. The second kappa shape index (κ2) is 11.5. The molecule has 3 heterocycles. The third-order valence-corrected chi connectivity index (χ3v) is 3.66. The van der Waals surface area contributed by atoms with E-state index in [9.17, 15) is 0 Å². The molecule has 3 rings (SSSR count). The molecule has 0 bridgehead atoms. The van der Waals surface area contributed by atoms with Gasteiger partial charge in [0.2, 0.25) is 0 Å². The number of pyridine rings is 2. The Bertz CT molecular complexity index is 933. The Morgan fingerprint density at radius 2 is 1.13 bits per heavy atom. The summed E-state index contributed by atoms with van der Waals surface area (Å²) in [6.45, 7) is 0. The van der Waals surface area contributed by atoms with E-state index >= 15 is 0 Å². The van der Waals surface area contributed by atoms with E-state index in [-0.39, 0.29) is 36.5 Å². The minimum absolute atomic E-state index is 0. The van der Waals surface area contributed by atoms with Crippen LogP contribution in [0.5, 0.6) is 0 Å². The van der Waals surface area contributed by atoms with E-state index < -0.39 is 0 Å². The molecule has 0 atom stereocenters. The molecule has 0 unspecified atom stereocenters. The highest BCUT2D eigenvalue weighted by Gasteiger charge is 2.09. The van der Waals surface area contributed by atoms with Crippen molar-refractivity contribution in [3.05, 3.63) is 60.2 Å². The van der Waals surface area contributed by atoms with Crippen LogP contribution in [-0.2, 0) is 9.68 Å². The molecule has 12 heteroatoms. The molecule has 30 heavy (non-hydrogen) atoms. The van der Waals surface area contributed by atoms with E-state index in [4.69, 9.17) is 11.5 Å². The molecule has 0 spiro atoms. The van der Waals surface area contributed by atoms with Crippen LogP contribution in [0.2, 0.25) is 0 Å². The van der Waals surface area contributed by atoms with Crippen LogP contribution in [0.25, 0.3) is 22.8 Å². The molecular formula is C18H20Cl2N8O2. The minimum Gasteiger partial charge on any atom is -0.397 e. The Hall–Kier alpha value is -3.50. The zero-order chi connectivity index (χ0) is 19.9. The van der Waals surface area contributed by atoms with Crippen molar-refractivity contribution in [2.24, 2.45) is 21.8 Å². The molecule has 3 aromatic rings. The number of nitrogens with two attached hydrogens (primary N) is 2. The number of amidine groups is 2. The molecule has 10 nitrogen and oxygen atoms in total. The molecule has 0 aliphatic carbocycles. The first-order valence-corrected chi connectivity index (χ1v) is 8.11. The maximum atomic E-state index is 5.77. The summed E-state index contributed by atoms with van der Waals surface area (Å²) in [7, 11) is 2.85. The van der Waals surface area contributed by atoms with Gasteiger partial charge in [0.15, 0.2) is 11.7 Å². The van der Waals surface area contributed by atoms with E-state index in [0.29, 0.717) is 33.9 Å². The van der Waals surface area contributed by atoms with Crippen molar-refractivity contribution in [1.29, 1.82) is 0 Å². The molecule has 0 amide bonds. The van der Waals surface area contributed by atoms with Gasteiger partial charge in [-0.3, -0.25) is 15.0 Å². The number of halogens is 2. The summed E-state index contributed by atoms with van der Waals surface area (Å²) < 4.78 is 0. The average Bonchev–Trinajstić information content (AvgIpc) is 2.74.